The largest absolute Gasteiger partial charge is 0.494 e. The van der Waals surface area contributed by atoms with E-state index in [9.17, 15) is 4.79 Å². The first-order valence-electron chi connectivity index (χ1n) is 11.8. The summed E-state index contributed by atoms with van der Waals surface area (Å²) in [7, 11) is 0. The van der Waals surface area contributed by atoms with Gasteiger partial charge in [0.25, 0.3) is 0 Å². The molecule has 30 heavy (non-hydrogen) atoms. The van der Waals surface area contributed by atoms with Crippen molar-refractivity contribution in [3.8, 4) is 5.75 Å². The maximum atomic E-state index is 12.2. The van der Waals surface area contributed by atoms with Crippen LogP contribution in [0.15, 0.2) is 24.3 Å². The summed E-state index contributed by atoms with van der Waals surface area (Å²) in [4.78, 5) is 14.7. The Hall–Kier alpha value is -1.75. The number of nitrogens with zero attached hydrogens (tertiary/aromatic N) is 1. The third kappa shape index (κ3) is 6.90. The Labute approximate surface area is 182 Å². The summed E-state index contributed by atoms with van der Waals surface area (Å²) in [5, 5.41) is 3.03. The van der Waals surface area contributed by atoms with E-state index in [2.05, 4.69) is 34.5 Å². The van der Waals surface area contributed by atoms with Crippen molar-refractivity contribution in [1.82, 2.24) is 10.2 Å². The predicted molar refractivity (Wildman–Crippen MR) is 121 cm³/mol. The van der Waals surface area contributed by atoms with Gasteiger partial charge in [0.15, 0.2) is 0 Å². The van der Waals surface area contributed by atoms with Crippen molar-refractivity contribution in [2.75, 3.05) is 32.8 Å². The molecule has 0 atom stereocenters. The smallest absolute Gasteiger partial charge is 0.407 e. The van der Waals surface area contributed by atoms with Crippen molar-refractivity contribution >= 4 is 6.09 Å². The standard InChI is InChI=1S/C25H40N2O3/c1-24(2,3)30-23(28)26-20-25(14-5-4-6-15-25)21-10-12-22(13-11-21)29-19-9-18-27-16-7-8-17-27/h10-13H,4-9,14-20H2,1-3H3,(H,26,28). The van der Waals surface area contributed by atoms with Gasteiger partial charge in [0.05, 0.1) is 6.61 Å². The van der Waals surface area contributed by atoms with E-state index >= 15 is 0 Å². The Morgan fingerprint density at radius 2 is 1.70 bits per heavy atom. The lowest BCUT2D eigenvalue weighted by molar-refractivity contribution is 0.0507. The molecule has 1 aromatic rings. The number of hydrogen-bond donors (Lipinski definition) is 1. The van der Waals surface area contributed by atoms with Gasteiger partial charge in [0, 0.05) is 18.5 Å². The van der Waals surface area contributed by atoms with Crippen molar-refractivity contribution < 1.29 is 14.3 Å². The summed E-state index contributed by atoms with van der Waals surface area (Å²) in [5.74, 6) is 0.936. The van der Waals surface area contributed by atoms with Gasteiger partial charge in [-0.05, 0) is 83.7 Å². The second kappa shape index (κ2) is 10.5. The number of rotatable bonds is 8. The normalized spacial score (nSPS) is 19.4. The zero-order chi connectivity index (χ0) is 21.5. The van der Waals surface area contributed by atoms with Gasteiger partial charge in [0.2, 0.25) is 0 Å². The Morgan fingerprint density at radius 1 is 1.03 bits per heavy atom. The SMILES string of the molecule is CC(C)(C)OC(=O)NCC1(c2ccc(OCCCN3CCCC3)cc2)CCCCC1. The molecule has 0 radical (unpaired) electrons. The second-order valence-corrected chi connectivity index (χ2v) is 9.97. The van der Waals surface area contributed by atoms with Crippen molar-refractivity contribution in [3.05, 3.63) is 29.8 Å². The lowest BCUT2D eigenvalue weighted by atomic mass is 9.69. The van der Waals surface area contributed by atoms with E-state index in [1.54, 1.807) is 0 Å². The van der Waals surface area contributed by atoms with Crippen LogP contribution in [0.4, 0.5) is 4.79 Å². The minimum absolute atomic E-state index is 0.0105. The van der Waals surface area contributed by atoms with Crippen LogP contribution in [-0.2, 0) is 10.2 Å². The van der Waals surface area contributed by atoms with E-state index in [1.807, 2.05) is 20.8 Å². The van der Waals surface area contributed by atoms with E-state index in [0.717, 1.165) is 38.2 Å². The molecule has 3 rings (SSSR count). The molecule has 1 aromatic carbocycles. The molecule has 168 valence electrons. The summed E-state index contributed by atoms with van der Waals surface area (Å²) in [5.41, 5.74) is 0.809. The number of nitrogens with one attached hydrogen (secondary N) is 1. The number of carbonyl (C=O) groups excluding carboxylic acids is 1. The Kier molecular flexibility index (Phi) is 8.04. The molecule has 1 saturated heterocycles. The summed E-state index contributed by atoms with van der Waals surface area (Å²) in [6.07, 6.45) is 9.29. The molecule has 0 bridgehead atoms. The molecule has 1 aliphatic carbocycles. The Morgan fingerprint density at radius 3 is 2.33 bits per heavy atom. The molecular weight excluding hydrogens is 376 g/mol. The molecular formula is C25H40N2O3. The van der Waals surface area contributed by atoms with E-state index < -0.39 is 5.60 Å². The van der Waals surface area contributed by atoms with Gasteiger partial charge in [-0.15, -0.1) is 0 Å². The van der Waals surface area contributed by atoms with Crippen molar-refractivity contribution in [1.29, 1.82) is 0 Å². The number of ether oxygens (including phenoxy) is 2. The molecule has 2 aliphatic rings. The Balaban J connectivity index is 1.53. The molecule has 1 amide bonds. The molecule has 5 heteroatoms. The highest BCUT2D eigenvalue weighted by atomic mass is 16.6. The van der Waals surface area contributed by atoms with Crippen molar-refractivity contribution in [3.63, 3.8) is 0 Å². The average molecular weight is 417 g/mol. The highest BCUT2D eigenvalue weighted by Gasteiger charge is 2.34. The number of likely N-dealkylation sites (tertiary alicyclic amines) is 1. The molecule has 1 heterocycles. The van der Waals surface area contributed by atoms with Crippen LogP contribution in [0.2, 0.25) is 0 Å². The zero-order valence-electron chi connectivity index (χ0n) is 19.2. The van der Waals surface area contributed by atoms with Crippen molar-refractivity contribution in [2.45, 2.75) is 83.2 Å². The summed E-state index contributed by atoms with van der Waals surface area (Å²) in [6, 6.07) is 8.57. The number of carbonyl (C=O) groups is 1. The zero-order valence-corrected chi connectivity index (χ0v) is 19.2. The third-order valence-corrected chi connectivity index (χ3v) is 6.33. The van der Waals surface area contributed by atoms with Crippen LogP contribution >= 0.6 is 0 Å². The first-order valence-corrected chi connectivity index (χ1v) is 11.8. The summed E-state index contributed by atoms with van der Waals surface area (Å²) < 4.78 is 11.4. The predicted octanol–water partition coefficient (Wildman–Crippen LogP) is 5.28. The van der Waals surface area contributed by atoms with E-state index in [-0.39, 0.29) is 11.5 Å². The van der Waals surface area contributed by atoms with E-state index in [1.165, 1.54) is 50.8 Å². The van der Waals surface area contributed by atoms with Crippen LogP contribution < -0.4 is 10.1 Å². The first kappa shape index (κ1) is 22.9. The van der Waals surface area contributed by atoms with Gasteiger partial charge in [0.1, 0.15) is 11.4 Å². The third-order valence-electron chi connectivity index (χ3n) is 6.33. The molecule has 0 unspecified atom stereocenters. The van der Waals surface area contributed by atoms with Crippen LogP contribution in [0.5, 0.6) is 5.75 Å². The van der Waals surface area contributed by atoms with Gasteiger partial charge < -0.3 is 19.7 Å². The summed E-state index contributed by atoms with van der Waals surface area (Å²) >= 11 is 0. The fourth-order valence-electron chi connectivity index (χ4n) is 4.74. The minimum atomic E-state index is -0.475. The molecule has 1 N–H and O–H groups in total. The van der Waals surface area contributed by atoms with E-state index in [4.69, 9.17) is 9.47 Å². The molecule has 0 aromatic heterocycles. The van der Waals surface area contributed by atoms with E-state index in [0.29, 0.717) is 6.54 Å². The number of hydrogen-bond acceptors (Lipinski definition) is 4. The van der Waals surface area contributed by atoms with Crippen LogP contribution in [0, 0.1) is 0 Å². The minimum Gasteiger partial charge on any atom is -0.494 e. The second-order valence-electron chi connectivity index (χ2n) is 9.97. The van der Waals surface area contributed by atoms with Gasteiger partial charge in [-0.3, -0.25) is 0 Å². The van der Waals surface area contributed by atoms with Crippen LogP contribution in [-0.4, -0.2) is 49.4 Å². The molecule has 0 spiro atoms. The van der Waals surface area contributed by atoms with Gasteiger partial charge >= 0.3 is 6.09 Å². The molecule has 1 aliphatic heterocycles. The number of alkyl carbamates (subject to hydrolysis) is 1. The van der Waals surface area contributed by atoms with Crippen molar-refractivity contribution in [2.24, 2.45) is 0 Å². The fourth-order valence-corrected chi connectivity index (χ4v) is 4.74. The Bertz CT molecular complexity index is 654. The maximum absolute atomic E-state index is 12.2. The molecule has 1 saturated carbocycles. The fraction of sp³-hybridized carbons (Fsp3) is 0.720. The average Bonchev–Trinajstić information content (AvgIpc) is 3.23. The monoisotopic (exact) mass is 416 g/mol. The van der Waals surface area contributed by atoms with Gasteiger partial charge in [-0.2, -0.15) is 0 Å². The number of amides is 1. The lowest BCUT2D eigenvalue weighted by Gasteiger charge is -2.38. The van der Waals surface area contributed by atoms with Gasteiger partial charge in [-0.25, -0.2) is 4.79 Å². The molecule has 5 nitrogen and oxygen atoms in total. The maximum Gasteiger partial charge on any atom is 0.407 e. The summed E-state index contributed by atoms with van der Waals surface area (Å²) in [6.45, 7) is 10.7. The lowest BCUT2D eigenvalue weighted by Crippen LogP contribution is -2.43. The molecule has 2 fully saturated rings. The highest BCUT2D eigenvalue weighted by Crippen LogP contribution is 2.39. The topological polar surface area (TPSA) is 50.8 Å². The van der Waals surface area contributed by atoms with Gasteiger partial charge in [-0.1, -0.05) is 31.4 Å². The van der Waals surface area contributed by atoms with Crippen LogP contribution in [0.3, 0.4) is 0 Å². The van der Waals surface area contributed by atoms with Crippen LogP contribution in [0.25, 0.3) is 0 Å². The first-order chi connectivity index (χ1) is 14.4. The van der Waals surface area contributed by atoms with Crippen LogP contribution in [0.1, 0.15) is 77.7 Å². The number of benzene rings is 1. The highest BCUT2D eigenvalue weighted by molar-refractivity contribution is 5.67. The quantitative estimate of drug-likeness (QED) is 0.586.